The van der Waals surface area contributed by atoms with Crippen LogP contribution in [0.2, 0.25) is 0 Å². The van der Waals surface area contributed by atoms with Crippen LogP contribution in [0.3, 0.4) is 0 Å². The summed E-state index contributed by atoms with van der Waals surface area (Å²) in [6, 6.07) is 12.8. The average molecular weight is 306 g/mol. The van der Waals surface area contributed by atoms with E-state index in [4.69, 9.17) is 10.5 Å². The highest BCUT2D eigenvalue weighted by Crippen LogP contribution is 2.42. The monoisotopic (exact) mass is 305 g/mol. The highest BCUT2D eigenvalue weighted by atomic mass is 35.5. The van der Waals surface area contributed by atoms with Gasteiger partial charge in [0.05, 0.1) is 0 Å². The lowest BCUT2D eigenvalue weighted by atomic mass is 9.96. The SMILES string of the molecule is Cl.NC[C@H]1OC(c2ccccc2)=Cc2c1ccc(O)c2O. The van der Waals surface area contributed by atoms with Gasteiger partial charge in [0.1, 0.15) is 11.9 Å². The zero-order valence-electron chi connectivity index (χ0n) is 11.2. The van der Waals surface area contributed by atoms with Crippen molar-refractivity contribution in [1.82, 2.24) is 0 Å². The molecular weight excluding hydrogens is 290 g/mol. The number of phenols is 2. The van der Waals surface area contributed by atoms with Crippen molar-refractivity contribution < 1.29 is 14.9 Å². The number of hydrogen-bond acceptors (Lipinski definition) is 4. The van der Waals surface area contributed by atoms with Gasteiger partial charge in [-0.3, -0.25) is 0 Å². The van der Waals surface area contributed by atoms with Gasteiger partial charge in [-0.15, -0.1) is 12.4 Å². The lowest BCUT2D eigenvalue weighted by molar-refractivity contribution is 0.174. The van der Waals surface area contributed by atoms with E-state index in [-0.39, 0.29) is 30.0 Å². The Hall–Kier alpha value is -2.17. The summed E-state index contributed by atoms with van der Waals surface area (Å²) in [5, 5.41) is 19.7. The summed E-state index contributed by atoms with van der Waals surface area (Å²) in [4.78, 5) is 0. The maximum atomic E-state index is 10.0. The maximum absolute atomic E-state index is 10.0. The van der Waals surface area contributed by atoms with Crippen molar-refractivity contribution in [3.8, 4) is 11.5 Å². The van der Waals surface area contributed by atoms with Crippen LogP contribution in [-0.4, -0.2) is 16.8 Å². The predicted octanol–water partition coefficient (Wildman–Crippen LogP) is 3.05. The van der Waals surface area contributed by atoms with Gasteiger partial charge in [-0.1, -0.05) is 36.4 Å². The molecule has 1 atom stereocenters. The molecule has 0 bridgehead atoms. The number of ether oxygens (including phenoxy) is 1. The first kappa shape index (κ1) is 15.2. The third-order valence-corrected chi connectivity index (χ3v) is 3.39. The van der Waals surface area contributed by atoms with Crippen LogP contribution < -0.4 is 5.73 Å². The number of hydrogen-bond donors (Lipinski definition) is 3. The van der Waals surface area contributed by atoms with Crippen LogP contribution in [0.4, 0.5) is 0 Å². The van der Waals surface area contributed by atoms with Crippen LogP contribution in [0.1, 0.15) is 22.8 Å². The predicted molar refractivity (Wildman–Crippen MR) is 84.2 cm³/mol. The van der Waals surface area contributed by atoms with E-state index < -0.39 is 0 Å². The summed E-state index contributed by atoms with van der Waals surface area (Å²) >= 11 is 0. The Morgan fingerprint density at radius 1 is 1.05 bits per heavy atom. The van der Waals surface area contributed by atoms with Gasteiger partial charge < -0.3 is 20.7 Å². The number of nitrogens with two attached hydrogens (primary N) is 1. The summed E-state index contributed by atoms with van der Waals surface area (Å²) in [6.07, 6.45) is 1.39. The Balaban J connectivity index is 0.00000161. The molecule has 2 aromatic carbocycles. The van der Waals surface area contributed by atoms with Crippen molar-refractivity contribution in [3.05, 3.63) is 59.2 Å². The number of rotatable bonds is 2. The first-order valence-corrected chi connectivity index (χ1v) is 6.39. The molecule has 1 aliphatic heterocycles. The molecule has 4 nitrogen and oxygen atoms in total. The second-order valence-electron chi connectivity index (χ2n) is 4.65. The Morgan fingerprint density at radius 3 is 2.43 bits per heavy atom. The summed E-state index contributed by atoms with van der Waals surface area (Å²) in [6.45, 7) is 0.293. The minimum atomic E-state index is -0.336. The Morgan fingerprint density at radius 2 is 1.76 bits per heavy atom. The summed E-state index contributed by atoms with van der Waals surface area (Å²) in [7, 11) is 0. The Labute approximate surface area is 128 Å². The normalized spacial score (nSPS) is 16.2. The number of aromatic hydroxyl groups is 2. The summed E-state index contributed by atoms with van der Waals surface area (Å²) in [5.41, 5.74) is 7.99. The van der Waals surface area contributed by atoms with Gasteiger partial charge in [0, 0.05) is 23.2 Å². The van der Waals surface area contributed by atoms with Crippen molar-refractivity contribution in [2.24, 2.45) is 5.73 Å². The molecular formula is C16H16ClNO3. The molecule has 110 valence electrons. The van der Waals surface area contributed by atoms with E-state index in [1.165, 1.54) is 6.07 Å². The van der Waals surface area contributed by atoms with Crippen molar-refractivity contribution in [2.45, 2.75) is 6.10 Å². The highest BCUT2D eigenvalue weighted by Gasteiger charge is 2.25. The molecule has 0 amide bonds. The van der Waals surface area contributed by atoms with Crippen LogP contribution >= 0.6 is 12.4 Å². The van der Waals surface area contributed by atoms with Crippen molar-refractivity contribution in [1.29, 1.82) is 0 Å². The van der Waals surface area contributed by atoms with Gasteiger partial charge >= 0.3 is 0 Å². The molecule has 0 radical (unpaired) electrons. The molecule has 0 spiro atoms. The van der Waals surface area contributed by atoms with Gasteiger partial charge in [0.25, 0.3) is 0 Å². The number of fused-ring (bicyclic) bond motifs is 1. The van der Waals surface area contributed by atoms with E-state index >= 15 is 0 Å². The van der Waals surface area contributed by atoms with Crippen molar-refractivity contribution in [3.63, 3.8) is 0 Å². The molecule has 3 rings (SSSR count). The number of halogens is 1. The number of phenolic OH excluding ortho intramolecular Hbond substituents is 2. The third kappa shape index (κ3) is 2.68. The zero-order valence-corrected chi connectivity index (χ0v) is 12.0. The second kappa shape index (κ2) is 6.08. The number of benzene rings is 2. The zero-order chi connectivity index (χ0) is 14.1. The topological polar surface area (TPSA) is 75.7 Å². The molecule has 4 N–H and O–H groups in total. The van der Waals surface area contributed by atoms with Gasteiger partial charge in [-0.25, -0.2) is 0 Å². The first-order valence-electron chi connectivity index (χ1n) is 6.39. The van der Waals surface area contributed by atoms with Crippen LogP contribution in [0.25, 0.3) is 11.8 Å². The molecule has 0 fully saturated rings. The smallest absolute Gasteiger partial charge is 0.165 e. The fourth-order valence-electron chi connectivity index (χ4n) is 2.36. The quantitative estimate of drug-likeness (QED) is 0.745. The molecule has 0 unspecified atom stereocenters. The van der Waals surface area contributed by atoms with Gasteiger partial charge in [-0.05, 0) is 12.1 Å². The highest BCUT2D eigenvalue weighted by molar-refractivity contribution is 5.85. The maximum Gasteiger partial charge on any atom is 0.165 e. The lowest BCUT2D eigenvalue weighted by Crippen LogP contribution is -2.19. The molecule has 21 heavy (non-hydrogen) atoms. The van der Waals surface area contributed by atoms with Crippen LogP contribution in [0.5, 0.6) is 11.5 Å². The largest absolute Gasteiger partial charge is 0.504 e. The fraction of sp³-hybridized carbons (Fsp3) is 0.125. The van der Waals surface area contributed by atoms with E-state index in [0.29, 0.717) is 17.9 Å². The van der Waals surface area contributed by atoms with Crippen LogP contribution in [0.15, 0.2) is 42.5 Å². The van der Waals surface area contributed by atoms with Crippen LogP contribution in [-0.2, 0) is 4.74 Å². The fourth-order valence-corrected chi connectivity index (χ4v) is 2.36. The van der Waals surface area contributed by atoms with E-state index in [1.54, 1.807) is 12.1 Å². The first-order chi connectivity index (χ1) is 9.70. The molecule has 0 saturated carbocycles. The van der Waals surface area contributed by atoms with E-state index in [1.807, 2.05) is 30.3 Å². The molecule has 1 heterocycles. The Bertz CT molecular complexity index is 671. The van der Waals surface area contributed by atoms with Gasteiger partial charge in [0.2, 0.25) is 0 Å². The molecule has 0 aliphatic carbocycles. The average Bonchev–Trinajstić information content (AvgIpc) is 2.51. The molecule has 1 aliphatic rings. The minimum Gasteiger partial charge on any atom is -0.504 e. The third-order valence-electron chi connectivity index (χ3n) is 3.39. The van der Waals surface area contributed by atoms with Gasteiger partial charge in [0.15, 0.2) is 11.5 Å². The summed E-state index contributed by atoms with van der Waals surface area (Å²) < 4.78 is 5.89. The van der Waals surface area contributed by atoms with E-state index in [2.05, 4.69) is 0 Å². The molecule has 5 heteroatoms. The lowest BCUT2D eigenvalue weighted by Gasteiger charge is -2.27. The molecule has 0 aromatic heterocycles. The van der Waals surface area contributed by atoms with E-state index in [9.17, 15) is 10.2 Å². The van der Waals surface area contributed by atoms with E-state index in [0.717, 1.165) is 11.1 Å². The van der Waals surface area contributed by atoms with Crippen molar-refractivity contribution >= 4 is 24.2 Å². The van der Waals surface area contributed by atoms with Crippen LogP contribution in [0, 0.1) is 0 Å². The minimum absolute atomic E-state index is 0. The molecule has 2 aromatic rings. The molecule has 0 saturated heterocycles. The summed E-state index contributed by atoms with van der Waals surface area (Å²) in [5.74, 6) is 0.345. The van der Waals surface area contributed by atoms with Crippen molar-refractivity contribution in [2.75, 3.05) is 6.54 Å². The standard InChI is InChI=1S/C16H15NO3.ClH/c17-9-15-11-6-7-13(18)16(19)12(11)8-14(20-15)10-4-2-1-3-5-10;/h1-8,15,18-19H,9,17H2;1H/t15-;/m1./s1. The van der Waals surface area contributed by atoms with Gasteiger partial charge in [-0.2, -0.15) is 0 Å². The Kier molecular flexibility index (Phi) is 4.40. The second-order valence-corrected chi connectivity index (χ2v) is 4.65.